The molecule has 1 unspecified atom stereocenters. The van der Waals surface area contributed by atoms with Crippen LogP contribution >= 0.6 is 0 Å². The molecule has 1 atom stereocenters. The molecular formula is C14H23N3O. The fraction of sp³-hybridized carbons (Fsp3) is 0.571. The van der Waals surface area contributed by atoms with Crippen LogP contribution in [0, 0.1) is 0 Å². The van der Waals surface area contributed by atoms with E-state index in [1.165, 1.54) is 24.0 Å². The average molecular weight is 249 g/mol. The van der Waals surface area contributed by atoms with Crippen molar-refractivity contribution in [2.24, 2.45) is 0 Å². The lowest BCUT2D eigenvalue weighted by Crippen LogP contribution is -2.37. The van der Waals surface area contributed by atoms with Crippen LogP contribution in [0.25, 0.3) is 0 Å². The molecule has 0 fully saturated rings. The van der Waals surface area contributed by atoms with E-state index in [1.807, 2.05) is 6.07 Å². The van der Waals surface area contributed by atoms with Crippen molar-refractivity contribution in [3.8, 4) is 5.75 Å². The summed E-state index contributed by atoms with van der Waals surface area (Å²) in [5, 5.41) is 0. The topological polar surface area (TPSA) is 64.5 Å². The lowest BCUT2D eigenvalue weighted by Gasteiger charge is -2.35. The van der Waals surface area contributed by atoms with E-state index < -0.39 is 0 Å². The number of nitrogens with zero attached hydrogens (tertiary/aromatic N) is 1. The first-order valence-corrected chi connectivity index (χ1v) is 6.52. The van der Waals surface area contributed by atoms with Crippen LogP contribution in [0.5, 0.6) is 5.75 Å². The van der Waals surface area contributed by atoms with Crippen LogP contribution < -0.4 is 16.2 Å². The fourth-order valence-electron chi connectivity index (χ4n) is 2.86. The van der Waals surface area contributed by atoms with Crippen molar-refractivity contribution in [2.75, 3.05) is 25.6 Å². The molecule has 0 saturated carbocycles. The van der Waals surface area contributed by atoms with Crippen molar-refractivity contribution in [1.29, 1.82) is 0 Å². The van der Waals surface area contributed by atoms with Gasteiger partial charge in [0.2, 0.25) is 0 Å². The third-order valence-corrected chi connectivity index (χ3v) is 3.86. The van der Waals surface area contributed by atoms with Gasteiger partial charge in [-0.3, -0.25) is 4.90 Å². The molecule has 1 heterocycles. The molecule has 18 heavy (non-hydrogen) atoms. The molecular weight excluding hydrogens is 226 g/mol. The highest BCUT2D eigenvalue weighted by Crippen LogP contribution is 2.38. The lowest BCUT2D eigenvalue weighted by atomic mass is 9.90. The van der Waals surface area contributed by atoms with E-state index >= 15 is 0 Å². The minimum Gasteiger partial charge on any atom is -0.492 e. The Kier molecular flexibility index (Phi) is 3.66. The molecule has 1 aliphatic heterocycles. The summed E-state index contributed by atoms with van der Waals surface area (Å²) in [4.78, 5) is 2.39. The minimum absolute atomic E-state index is 0.568. The highest BCUT2D eigenvalue weighted by Gasteiger charge is 2.26. The van der Waals surface area contributed by atoms with Crippen molar-refractivity contribution < 1.29 is 4.74 Å². The van der Waals surface area contributed by atoms with E-state index in [0.29, 0.717) is 17.5 Å². The lowest BCUT2D eigenvalue weighted by molar-refractivity contribution is 0.203. The predicted octanol–water partition coefficient (Wildman–Crippen LogP) is 2.02. The van der Waals surface area contributed by atoms with Crippen molar-refractivity contribution in [3.63, 3.8) is 0 Å². The van der Waals surface area contributed by atoms with E-state index in [9.17, 15) is 0 Å². The van der Waals surface area contributed by atoms with E-state index in [2.05, 4.69) is 18.9 Å². The molecule has 1 aromatic carbocycles. The molecule has 4 heteroatoms. The van der Waals surface area contributed by atoms with Crippen LogP contribution in [0.3, 0.4) is 0 Å². The standard InChI is InChI=1S/C14H23N3O/c1-4-5-10-7-11-9(8-17(10)2)6-12(15)14(18-3)13(11)16/h6,10H,4-5,7-8,15-16H2,1-3H3. The Bertz CT molecular complexity index is 445. The molecule has 0 bridgehead atoms. The van der Waals surface area contributed by atoms with Crippen molar-refractivity contribution in [3.05, 3.63) is 17.2 Å². The van der Waals surface area contributed by atoms with Crippen molar-refractivity contribution in [2.45, 2.75) is 38.8 Å². The second-order valence-corrected chi connectivity index (χ2v) is 5.11. The first kappa shape index (κ1) is 13.0. The molecule has 0 aromatic heterocycles. The third-order valence-electron chi connectivity index (χ3n) is 3.86. The molecule has 1 aromatic rings. The predicted molar refractivity (Wildman–Crippen MR) is 75.7 cm³/mol. The summed E-state index contributed by atoms with van der Waals surface area (Å²) in [6.07, 6.45) is 3.38. The maximum Gasteiger partial charge on any atom is 0.164 e. The highest BCUT2D eigenvalue weighted by molar-refractivity contribution is 5.73. The first-order chi connectivity index (χ1) is 8.58. The van der Waals surface area contributed by atoms with Crippen LogP contribution in [0.1, 0.15) is 30.9 Å². The van der Waals surface area contributed by atoms with Crippen LogP contribution in [0.2, 0.25) is 0 Å². The maximum absolute atomic E-state index is 6.20. The van der Waals surface area contributed by atoms with E-state index in [0.717, 1.165) is 18.7 Å². The number of fused-ring (bicyclic) bond motifs is 1. The molecule has 0 spiro atoms. The zero-order valence-electron chi connectivity index (χ0n) is 11.5. The quantitative estimate of drug-likeness (QED) is 0.804. The molecule has 100 valence electrons. The molecule has 4 N–H and O–H groups in total. The number of benzene rings is 1. The Morgan fingerprint density at radius 3 is 2.78 bits per heavy atom. The average Bonchev–Trinajstić information content (AvgIpc) is 2.32. The summed E-state index contributed by atoms with van der Waals surface area (Å²) in [5.41, 5.74) is 16.0. The van der Waals surface area contributed by atoms with Gasteiger partial charge < -0.3 is 16.2 Å². The van der Waals surface area contributed by atoms with Gasteiger partial charge in [-0.25, -0.2) is 0 Å². The number of ether oxygens (including phenoxy) is 1. The van der Waals surface area contributed by atoms with Gasteiger partial charge in [-0.2, -0.15) is 0 Å². The molecule has 4 nitrogen and oxygen atoms in total. The second kappa shape index (κ2) is 5.06. The van der Waals surface area contributed by atoms with Gasteiger partial charge in [0, 0.05) is 12.6 Å². The summed E-state index contributed by atoms with van der Waals surface area (Å²) in [5.74, 6) is 0.633. The monoisotopic (exact) mass is 249 g/mol. The number of nitrogen functional groups attached to an aromatic ring is 2. The van der Waals surface area contributed by atoms with Crippen molar-refractivity contribution >= 4 is 11.4 Å². The van der Waals surface area contributed by atoms with Crippen molar-refractivity contribution in [1.82, 2.24) is 4.90 Å². The van der Waals surface area contributed by atoms with Gasteiger partial charge in [-0.15, -0.1) is 0 Å². The normalized spacial score (nSPS) is 19.6. The van der Waals surface area contributed by atoms with E-state index in [-0.39, 0.29) is 0 Å². The minimum atomic E-state index is 0.568. The molecule has 0 aliphatic carbocycles. The number of methoxy groups -OCH3 is 1. The van der Waals surface area contributed by atoms with Gasteiger partial charge in [0.25, 0.3) is 0 Å². The zero-order valence-corrected chi connectivity index (χ0v) is 11.5. The maximum atomic E-state index is 6.20. The summed E-state index contributed by atoms with van der Waals surface area (Å²) < 4.78 is 5.30. The SMILES string of the molecule is CCCC1Cc2c(cc(N)c(OC)c2N)CN1C. The van der Waals surface area contributed by atoms with Crippen LogP contribution in [-0.4, -0.2) is 25.1 Å². The summed E-state index contributed by atoms with van der Waals surface area (Å²) in [6, 6.07) is 2.57. The summed E-state index contributed by atoms with van der Waals surface area (Å²) in [7, 11) is 3.78. The number of hydrogen-bond acceptors (Lipinski definition) is 4. The molecule has 0 radical (unpaired) electrons. The Morgan fingerprint density at radius 2 is 2.17 bits per heavy atom. The highest BCUT2D eigenvalue weighted by atomic mass is 16.5. The van der Waals surface area contributed by atoms with Gasteiger partial charge >= 0.3 is 0 Å². The molecule has 0 amide bonds. The van der Waals surface area contributed by atoms with E-state index in [4.69, 9.17) is 16.2 Å². The Labute approximate surface area is 109 Å². The number of hydrogen-bond donors (Lipinski definition) is 2. The van der Waals surface area contributed by atoms with Crippen LogP contribution in [0.15, 0.2) is 6.07 Å². The zero-order chi connectivity index (χ0) is 13.3. The Morgan fingerprint density at radius 1 is 1.44 bits per heavy atom. The molecule has 0 saturated heterocycles. The van der Waals surface area contributed by atoms with E-state index in [1.54, 1.807) is 7.11 Å². The van der Waals surface area contributed by atoms with Gasteiger partial charge in [0.05, 0.1) is 18.5 Å². The number of nitrogens with two attached hydrogens (primary N) is 2. The number of likely N-dealkylation sites (N-methyl/N-ethyl adjacent to an activating group) is 1. The smallest absolute Gasteiger partial charge is 0.164 e. The number of anilines is 2. The fourth-order valence-corrected chi connectivity index (χ4v) is 2.86. The third kappa shape index (κ3) is 2.12. The van der Waals surface area contributed by atoms with Gasteiger partial charge in [0.1, 0.15) is 0 Å². The number of rotatable bonds is 3. The molecule has 2 rings (SSSR count). The first-order valence-electron chi connectivity index (χ1n) is 6.52. The van der Waals surface area contributed by atoms with Crippen LogP contribution in [-0.2, 0) is 13.0 Å². The Balaban J connectivity index is 2.41. The Hall–Kier alpha value is -1.42. The summed E-state index contributed by atoms with van der Waals surface area (Å²) in [6.45, 7) is 3.13. The molecule has 1 aliphatic rings. The van der Waals surface area contributed by atoms with Crippen LogP contribution in [0.4, 0.5) is 11.4 Å². The second-order valence-electron chi connectivity index (χ2n) is 5.11. The largest absolute Gasteiger partial charge is 0.492 e. The van der Waals surface area contributed by atoms with Gasteiger partial charge in [-0.05, 0) is 37.1 Å². The van der Waals surface area contributed by atoms with Gasteiger partial charge in [-0.1, -0.05) is 13.3 Å². The van der Waals surface area contributed by atoms with Gasteiger partial charge in [0.15, 0.2) is 5.75 Å². The summed E-state index contributed by atoms with van der Waals surface area (Å²) >= 11 is 0.